The van der Waals surface area contributed by atoms with Crippen LogP contribution in [-0.4, -0.2) is 5.11 Å². The van der Waals surface area contributed by atoms with Crippen LogP contribution >= 0.6 is 12.4 Å². The van der Waals surface area contributed by atoms with E-state index >= 15 is 0 Å². The van der Waals surface area contributed by atoms with Crippen LogP contribution in [0.5, 0.6) is 5.75 Å². The molecule has 3 N–H and O–H groups in total. The Bertz CT molecular complexity index is 289. The first-order chi connectivity index (χ1) is 6.16. The van der Waals surface area contributed by atoms with Gasteiger partial charge in [0.25, 0.3) is 0 Å². The molecule has 3 heteroatoms. The van der Waals surface area contributed by atoms with E-state index < -0.39 is 0 Å². The molecule has 0 aliphatic rings. The molecule has 0 radical (unpaired) electrons. The van der Waals surface area contributed by atoms with Gasteiger partial charge in [0.05, 0.1) is 0 Å². The lowest BCUT2D eigenvalue weighted by atomic mass is 10.00. The van der Waals surface area contributed by atoms with Gasteiger partial charge in [-0.1, -0.05) is 31.5 Å². The predicted molar refractivity (Wildman–Crippen MR) is 61.9 cm³/mol. The Kier molecular flexibility index (Phi) is 5.58. The number of nitrogens with two attached hydrogens (primary N) is 1. The Morgan fingerprint density at radius 2 is 2.07 bits per heavy atom. The SMILES string of the molecule is CCC[C@H](N)c1cccc(C)c1O.Cl. The third kappa shape index (κ3) is 2.89. The molecule has 1 rings (SSSR count). The summed E-state index contributed by atoms with van der Waals surface area (Å²) in [5.41, 5.74) is 7.67. The van der Waals surface area contributed by atoms with Crippen LogP contribution in [0.25, 0.3) is 0 Å². The molecule has 0 amide bonds. The number of phenolic OH excluding ortho intramolecular Hbond substituents is 1. The number of aromatic hydroxyl groups is 1. The van der Waals surface area contributed by atoms with Gasteiger partial charge in [-0.3, -0.25) is 0 Å². The van der Waals surface area contributed by atoms with Crippen LogP contribution in [0.4, 0.5) is 0 Å². The highest BCUT2D eigenvalue weighted by Gasteiger charge is 2.10. The molecule has 1 atom stereocenters. The molecule has 0 saturated heterocycles. The minimum absolute atomic E-state index is 0. The molecular weight excluding hydrogens is 198 g/mol. The highest BCUT2D eigenvalue weighted by Crippen LogP contribution is 2.28. The summed E-state index contributed by atoms with van der Waals surface area (Å²) in [6.45, 7) is 3.98. The first kappa shape index (κ1) is 13.3. The second-order valence-corrected chi connectivity index (χ2v) is 3.41. The summed E-state index contributed by atoms with van der Waals surface area (Å²) >= 11 is 0. The van der Waals surface area contributed by atoms with E-state index in [1.165, 1.54) is 0 Å². The average molecular weight is 216 g/mol. The van der Waals surface area contributed by atoms with Crippen molar-refractivity contribution in [3.63, 3.8) is 0 Å². The van der Waals surface area contributed by atoms with Crippen molar-refractivity contribution < 1.29 is 5.11 Å². The van der Waals surface area contributed by atoms with Gasteiger partial charge in [-0.05, 0) is 18.9 Å². The monoisotopic (exact) mass is 215 g/mol. The highest BCUT2D eigenvalue weighted by molar-refractivity contribution is 5.85. The number of hydrogen-bond acceptors (Lipinski definition) is 2. The zero-order valence-electron chi connectivity index (χ0n) is 8.66. The van der Waals surface area contributed by atoms with Crippen LogP contribution < -0.4 is 5.73 Å². The lowest BCUT2D eigenvalue weighted by Gasteiger charge is -2.13. The second-order valence-electron chi connectivity index (χ2n) is 3.41. The molecule has 80 valence electrons. The molecule has 1 aromatic rings. The van der Waals surface area contributed by atoms with Gasteiger partial charge in [0.1, 0.15) is 5.75 Å². The van der Waals surface area contributed by atoms with E-state index in [0.717, 1.165) is 24.0 Å². The average Bonchev–Trinajstić information content (AvgIpc) is 2.10. The van der Waals surface area contributed by atoms with Crippen LogP contribution in [0.15, 0.2) is 18.2 Å². The van der Waals surface area contributed by atoms with Gasteiger partial charge in [-0.25, -0.2) is 0 Å². The van der Waals surface area contributed by atoms with Crippen molar-refractivity contribution >= 4 is 12.4 Å². The first-order valence-electron chi connectivity index (χ1n) is 4.70. The standard InChI is InChI=1S/C11H17NO.ClH/c1-3-5-10(12)9-7-4-6-8(2)11(9)13;/h4,6-7,10,13H,3,5,12H2,1-2H3;1H/t10-;/m0./s1. The fourth-order valence-corrected chi connectivity index (χ4v) is 1.45. The number of hydrogen-bond donors (Lipinski definition) is 2. The maximum atomic E-state index is 9.71. The number of halogens is 1. The van der Waals surface area contributed by atoms with Crippen LogP contribution in [0.1, 0.15) is 36.9 Å². The molecule has 0 heterocycles. The lowest BCUT2D eigenvalue weighted by Crippen LogP contribution is -2.10. The van der Waals surface area contributed by atoms with Gasteiger partial charge in [0.15, 0.2) is 0 Å². The quantitative estimate of drug-likeness (QED) is 0.815. The molecular formula is C11H18ClNO. The van der Waals surface area contributed by atoms with E-state index in [-0.39, 0.29) is 18.4 Å². The zero-order valence-corrected chi connectivity index (χ0v) is 9.47. The number of rotatable bonds is 3. The normalized spacial score (nSPS) is 11.9. The van der Waals surface area contributed by atoms with E-state index in [1.807, 2.05) is 25.1 Å². The summed E-state index contributed by atoms with van der Waals surface area (Å²) in [5.74, 6) is 0.350. The molecule has 0 saturated carbocycles. The van der Waals surface area contributed by atoms with Gasteiger partial charge < -0.3 is 10.8 Å². The van der Waals surface area contributed by atoms with E-state index in [0.29, 0.717) is 5.75 Å². The fraction of sp³-hybridized carbons (Fsp3) is 0.455. The molecule has 0 fully saturated rings. The number of para-hydroxylation sites is 1. The van der Waals surface area contributed by atoms with Crippen LogP contribution in [0.2, 0.25) is 0 Å². The molecule has 0 aliphatic carbocycles. The third-order valence-electron chi connectivity index (χ3n) is 2.27. The third-order valence-corrected chi connectivity index (χ3v) is 2.27. The second kappa shape index (κ2) is 5.89. The minimum atomic E-state index is -0.0371. The van der Waals surface area contributed by atoms with Crippen molar-refractivity contribution in [2.24, 2.45) is 5.73 Å². The number of phenols is 1. The van der Waals surface area contributed by atoms with Gasteiger partial charge in [-0.15, -0.1) is 12.4 Å². The topological polar surface area (TPSA) is 46.2 Å². The Morgan fingerprint density at radius 3 is 2.64 bits per heavy atom. The van der Waals surface area contributed by atoms with Crippen LogP contribution in [-0.2, 0) is 0 Å². The Labute approximate surface area is 91.5 Å². The minimum Gasteiger partial charge on any atom is -0.507 e. The maximum absolute atomic E-state index is 9.71. The molecule has 0 aliphatic heterocycles. The smallest absolute Gasteiger partial charge is 0.123 e. The lowest BCUT2D eigenvalue weighted by molar-refractivity contribution is 0.454. The number of aryl methyl sites for hydroxylation is 1. The van der Waals surface area contributed by atoms with Crippen molar-refractivity contribution in [1.82, 2.24) is 0 Å². The van der Waals surface area contributed by atoms with E-state index in [2.05, 4.69) is 6.92 Å². The Morgan fingerprint density at radius 1 is 1.43 bits per heavy atom. The summed E-state index contributed by atoms with van der Waals surface area (Å²) in [7, 11) is 0. The van der Waals surface area contributed by atoms with Crippen molar-refractivity contribution in [2.45, 2.75) is 32.7 Å². The molecule has 14 heavy (non-hydrogen) atoms. The summed E-state index contributed by atoms with van der Waals surface area (Å²) < 4.78 is 0. The van der Waals surface area contributed by atoms with Gasteiger partial charge in [-0.2, -0.15) is 0 Å². The summed E-state index contributed by atoms with van der Waals surface area (Å²) in [4.78, 5) is 0. The molecule has 0 aromatic heterocycles. The summed E-state index contributed by atoms with van der Waals surface area (Å²) in [6.07, 6.45) is 1.95. The fourth-order valence-electron chi connectivity index (χ4n) is 1.45. The summed E-state index contributed by atoms with van der Waals surface area (Å²) in [5, 5.41) is 9.71. The molecule has 0 unspecified atom stereocenters. The Hall–Kier alpha value is -0.730. The highest BCUT2D eigenvalue weighted by atomic mass is 35.5. The molecule has 0 spiro atoms. The van der Waals surface area contributed by atoms with E-state index in [1.54, 1.807) is 0 Å². The van der Waals surface area contributed by atoms with Crippen molar-refractivity contribution in [3.8, 4) is 5.75 Å². The van der Waals surface area contributed by atoms with Gasteiger partial charge >= 0.3 is 0 Å². The van der Waals surface area contributed by atoms with Gasteiger partial charge in [0.2, 0.25) is 0 Å². The number of benzene rings is 1. The van der Waals surface area contributed by atoms with Crippen molar-refractivity contribution in [1.29, 1.82) is 0 Å². The summed E-state index contributed by atoms with van der Waals surface area (Å²) in [6, 6.07) is 5.67. The van der Waals surface area contributed by atoms with Crippen molar-refractivity contribution in [2.75, 3.05) is 0 Å². The zero-order chi connectivity index (χ0) is 9.84. The van der Waals surface area contributed by atoms with Crippen LogP contribution in [0.3, 0.4) is 0 Å². The molecule has 0 bridgehead atoms. The van der Waals surface area contributed by atoms with Gasteiger partial charge in [0, 0.05) is 11.6 Å². The Balaban J connectivity index is 0.00000169. The maximum Gasteiger partial charge on any atom is 0.123 e. The first-order valence-corrected chi connectivity index (χ1v) is 4.70. The molecule has 2 nitrogen and oxygen atoms in total. The van der Waals surface area contributed by atoms with E-state index in [9.17, 15) is 5.11 Å². The molecule has 1 aromatic carbocycles. The van der Waals surface area contributed by atoms with Crippen molar-refractivity contribution in [3.05, 3.63) is 29.3 Å². The predicted octanol–water partition coefficient (Wildman–Crippen LogP) is 2.92. The van der Waals surface area contributed by atoms with Crippen LogP contribution in [0, 0.1) is 6.92 Å². The van der Waals surface area contributed by atoms with E-state index in [4.69, 9.17) is 5.73 Å². The largest absolute Gasteiger partial charge is 0.507 e.